The molecular weight excluding hydrogens is 318 g/mol. The van der Waals surface area contributed by atoms with Crippen molar-refractivity contribution in [1.29, 1.82) is 0 Å². The van der Waals surface area contributed by atoms with Crippen molar-refractivity contribution in [1.82, 2.24) is 4.98 Å². The van der Waals surface area contributed by atoms with Gasteiger partial charge in [-0.3, -0.25) is 4.79 Å². The number of hydrogen-bond donors (Lipinski definition) is 2. The van der Waals surface area contributed by atoms with Gasteiger partial charge in [-0.2, -0.15) is 0 Å². The highest BCUT2D eigenvalue weighted by molar-refractivity contribution is 6.34. The summed E-state index contributed by atoms with van der Waals surface area (Å²) in [5.74, 6) is -1.00. The molecule has 0 unspecified atom stereocenters. The van der Waals surface area contributed by atoms with Gasteiger partial charge in [-0.15, -0.1) is 0 Å². The predicted octanol–water partition coefficient (Wildman–Crippen LogP) is 2.62. The monoisotopic (exact) mass is 333 g/mol. The maximum Gasteiger partial charge on any atom is 0.339 e. The number of anilines is 1. The lowest BCUT2D eigenvalue weighted by molar-refractivity contribution is 0.0525. The minimum absolute atomic E-state index is 0.0302. The van der Waals surface area contributed by atoms with Gasteiger partial charge < -0.3 is 15.8 Å². The number of nitrogens with one attached hydrogen (secondary N) is 1. The van der Waals surface area contributed by atoms with Crippen LogP contribution in [0.2, 0.25) is 5.02 Å². The zero-order valence-electron chi connectivity index (χ0n) is 12.5. The van der Waals surface area contributed by atoms with Crippen LogP contribution < -0.4 is 11.1 Å². The molecule has 0 fully saturated rings. The molecular formula is C16H16ClN3O3. The van der Waals surface area contributed by atoms with Crippen LogP contribution in [-0.4, -0.2) is 23.5 Å². The molecule has 0 saturated heterocycles. The van der Waals surface area contributed by atoms with E-state index in [1.54, 1.807) is 19.1 Å². The Balaban J connectivity index is 2.14. The number of aromatic nitrogens is 1. The molecule has 1 aromatic heterocycles. The van der Waals surface area contributed by atoms with Crippen molar-refractivity contribution in [2.24, 2.45) is 5.73 Å². The molecule has 0 bridgehead atoms. The Hall–Kier alpha value is -2.44. The SMILES string of the molecule is CCOC(=O)c1cnc(C(=O)Nc2ccc(CN)cc2)c(Cl)c1. The molecule has 0 atom stereocenters. The second-order valence-electron chi connectivity index (χ2n) is 4.63. The lowest BCUT2D eigenvalue weighted by Crippen LogP contribution is -2.15. The molecule has 7 heteroatoms. The standard InChI is InChI=1S/C16H16ClN3O3/c1-2-23-16(22)11-7-13(17)14(19-9-11)15(21)20-12-5-3-10(8-18)4-6-12/h3-7,9H,2,8,18H2,1H3,(H,20,21). The van der Waals surface area contributed by atoms with Gasteiger partial charge in [-0.25, -0.2) is 9.78 Å². The van der Waals surface area contributed by atoms with Crippen molar-refractivity contribution in [2.75, 3.05) is 11.9 Å². The summed E-state index contributed by atoms with van der Waals surface area (Å²) < 4.78 is 4.85. The number of halogens is 1. The van der Waals surface area contributed by atoms with E-state index in [0.717, 1.165) is 5.56 Å². The number of nitrogens with two attached hydrogens (primary N) is 1. The fraction of sp³-hybridized carbons (Fsp3) is 0.188. The summed E-state index contributed by atoms with van der Waals surface area (Å²) in [6.45, 7) is 2.37. The van der Waals surface area contributed by atoms with E-state index < -0.39 is 11.9 Å². The summed E-state index contributed by atoms with van der Waals surface area (Å²) in [5.41, 5.74) is 7.30. The number of nitrogens with zero attached hydrogens (tertiary/aromatic N) is 1. The third-order valence-corrected chi connectivity index (χ3v) is 3.30. The number of benzene rings is 1. The summed E-state index contributed by atoms with van der Waals surface area (Å²) in [6.07, 6.45) is 1.26. The summed E-state index contributed by atoms with van der Waals surface area (Å²) in [7, 11) is 0. The van der Waals surface area contributed by atoms with E-state index in [1.165, 1.54) is 12.3 Å². The second kappa shape index (κ2) is 7.71. The van der Waals surface area contributed by atoms with Gasteiger partial charge >= 0.3 is 5.97 Å². The fourth-order valence-corrected chi connectivity index (χ4v) is 2.10. The van der Waals surface area contributed by atoms with Gasteiger partial charge in [0.05, 0.1) is 17.2 Å². The summed E-state index contributed by atoms with van der Waals surface area (Å²) >= 11 is 6.03. The van der Waals surface area contributed by atoms with E-state index in [1.807, 2.05) is 12.1 Å². The van der Waals surface area contributed by atoms with Crippen LogP contribution in [0, 0.1) is 0 Å². The lowest BCUT2D eigenvalue weighted by Gasteiger charge is -2.08. The lowest BCUT2D eigenvalue weighted by atomic mass is 10.2. The first-order chi connectivity index (χ1) is 11.0. The normalized spacial score (nSPS) is 10.2. The highest BCUT2D eigenvalue weighted by Gasteiger charge is 2.16. The molecule has 120 valence electrons. The van der Waals surface area contributed by atoms with Gasteiger partial charge in [0.15, 0.2) is 0 Å². The number of rotatable bonds is 5. The molecule has 0 aliphatic carbocycles. The highest BCUT2D eigenvalue weighted by atomic mass is 35.5. The Morgan fingerprint density at radius 2 is 2.00 bits per heavy atom. The van der Waals surface area contributed by atoms with E-state index in [2.05, 4.69) is 10.3 Å². The number of amides is 1. The van der Waals surface area contributed by atoms with Crippen LogP contribution in [0.3, 0.4) is 0 Å². The molecule has 2 aromatic rings. The summed E-state index contributed by atoms with van der Waals surface area (Å²) in [5, 5.41) is 2.76. The molecule has 3 N–H and O–H groups in total. The van der Waals surface area contributed by atoms with Crippen molar-refractivity contribution in [3.05, 3.63) is 58.4 Å². The molecule has 6 nitrogen and oxygen atoms in total. The van der Waals surface area contributed by atoms with Crippen LogP contribution in [0.15, 0.2) is 36.5 Å². The maximum atomic E-state index is 12.2. The van der Waals surface area contributed by atoms with Gasteiger partial charge in [-0.1, -0.05) is 23.7 Å². The molecule has 0 spiro atoms. The Morgan fingerprint density at radius 1 is 1.30 bits per heavy atom. The average Bonchev–Trinajstić information content (AvgIpc) is 2.55. The minimum atomic E-state index is -0.536. The fourth-order valence-electron chi connectivity index (χ4n) is 1.85. The maximum absolute atomic E-state index is 12.2. The van der Waals surface area contributed by atoms with Gasteiger partial charge in [-0.05, 0) is 30.7 Å². The third kappa shape index (κ3) is 4.28. The zero-order chi connectivity index (χ0) is 16.8. The number of esters is 1. The van der Waals surface area contributed by atoms with Crippen LogP contribution in [-0.2, 0) is 11.3 Å². The van der Waals surface area contributed by atoms with E-state index in [0.29, 0.717) is 12.2 Å². The molecule has 1 aromatic carbocycles. The van der Waals surface area contributed by atoms with Crippen LogP contribution in [0.5, 0.6) is 0 Å². The van der Waals surface area contributed by atoms with E-state index >= 15 is 0 Å². The number of carbonyl (C=O) groups is 2. The highest BCUT2D eigenvalue weighted by Crippen LogP contribution is 2.18. The predicted molar refractivity (Wildman–Crippen MR) is 87.5 cm³/mol. The Bertz CT molecular complexity index is 717. The summed E-state index contributed by atoms with van der Waals surface area (Å²) in [4.78, 5) is 27.7. The molecule has 23 heavy (non-hydrogen) atoms. The first-order valence-electron chi connectivity index (χ1n) is 6.98. The topological polar surface area (TPSA) is 94.3 Å². The first kappa shape index (κ1) is 16.9. The molecule has 0 aliphatic heterocycles. The van der Waals surface area contributed by atoms with Gasteiger partial charge in [0.25, 0.3) is 5.91 Å². The van der Waals surface area contributed by atoms with Crippen molar-refractivity contribution < 1.29 is 14.3 Å². The number of hydrogen-bond acceptors (Lipinski definition) is 5. The number of carbonyl (C=O) groups excluding carboxylic acids is 2. The Labute approximate surface area is 138 Å². The average molecular weight is 334 g/mol. The first-order valence-corrected chi connectivity index (χ1v) is 7.36. The van der Waals surface area contributed by atoms with Gasteiger partial charge in [0, 0.05) is 18.4 Å². The molecule has 0 saturated carbocycles. The quantitative estimate of drug-likeness (QED) is 0.820. The van der Waals surface area contributed by atoms with Gasteiger partial charge in [0.2, 0.25) is 0 Å². The van der Waals surface area contributed by atoms with E-state index in [4.69, 9.17) is 22.1 Å². The number of pyridine rings is 1. The molecule has 0 aliphatic rings. The van der Waals surface area contributed by atoms with Crippen molar-refractivity contribution >= 4 is 29.2 Å². The molecule has 0 radical (unpaired) electrons. The van der Waals surface area contributed by atoms with Crippen LogP contribution >= 0.6 is 11.6 Å². The number of ether oxygens (including phenoxy) is 1. The Kier molecular flexibility index (Phi) is 5.67. The van der Waals surface area contributed by atoms with Crippen LogP contribution in [0.25, 0.3) is 0 Å². The van der Waals surface area contributed by atoms with E-state index in [9.17, 15) is 9.59 Å². The minimum Gasteiger partial charge on any atom is -0.462 e. The molecule has 1 heterocycles. The largest absolute Gasteiger partial charge is 0.462 e. The summed E-state index contributed by atoms with van der Waals surface area (Å²) in [6, 6.07) is 8.46. The van der Waals surface area contributed by atoms with Crippen molar-refractivity contribution in [3.63, 3.8) is 0 Å². The van der Waals surface area contributed by atoms with E-state index in [-0.39, 0.29) is 22.9 Å². The molecule has 1 amide bonds. The van der Waals surface area contributed by atoms with Gasteiger partial charge in [0.1, 0.15) is 5.69 Å². The van der Waals surface area contributed by atoms with Crippen molar-refractivity contribution in [2.45, 2.75) is 13.5 Å². The molecule has 2 rings (SSSR count). The van der Waals surface area contributed by atoms with Crippen molar-refractivity contribution in [3.8, 4) is 0 Å². The van der Waals surface area contributed by atoms with Crippen LogP contribution in [0.4, 0.5) is 5.69 Å². The van der Waals surface area contributed by atoms with Crippen LogP contribution in [0.1, 0.15) is 33.3 Å². The smallest absolute Gasteiger partial charge is 0.339 e. The second-order valence-corrected chi connectivity index (χ2v) is 5.04. The zero-order valence-corrected chi connectivity index (χ0v) is 13.3. The Morgan fingerprint density at radius 3 is 2.57 bits per heavy atom. The third-order valence-electron chi connectivity index (χ3n) is 3.01.